The molecule has 0 aromatic carbocycles. The zero-order chi connectivity index (χ0) is 11.4. The molecule has 0 radical (unpaired) electrons. The Kier molecular flexibility index (Phi) is 5.09. The molecular weight excluding hydrogens is 200 g/mol. The molecule has 3 nitrogen and oxygen atoms in total. The molecule has 0 spiro atoms. The van der Waals surface area contributed by atoms with Crippen LogP contribution in [-0.2, 0) is 10.1 Å². The Morgan fingerprint density at radius 2 is 1.57 bits per heavy atom. The summed E-state index contributed by atoms with van der Waals surface area (Å²) < 4.78 is 31.2. The predicted octanol–water partition coefficient (Wildman–Crippen LogP) is 2.87. The van der Waals surface area contributed by atoms with Gasteiger partial charge in [0.15, 0.2) is 0 Å². The molecule has 4 heteroatoms. The lowest BCUT2D eigenvalue weighted by molar-refractivity contribution is 0.248. The highest BCUT2D eigenvalue weighted by Gasteiger charge is 2.37. The maximum absolute atomic E-state index is 11.1. The van der Waals surface area contributed by atoms with E-state index in [0.717, 1.165) is 25.7 Å². The average Bonchev–Trinajstić information content (AvgIpc) is 2.02. The summed E-state index contributed by atoms with van der Waals surface area (Å²) in [4.78, 5) is 0. The molecule has 86 valence electrons. The first-order chi connectivity index (χ1) is 6.28. The van der Waals surface area contributed by atoms with E-state index < -0.39 is 15.4 Å². The zero-order valence-electron chi connectivity index (χ0n) is 9.58. The van der Waals surface area contributed by atoms with E-state index in [-0.39, 0.29) is 5.41 Å². The second-order valence-electron chi connectivity index (χ2n) is 4.31. The third-order valence-electron chi connectivity index (χ3n) is 3.07. The lowest BCUT2D eigenvalue weighted by Crippen LogP contribution is -2.36. The van der Waals surface area contributed by atoms with Crippen molar-refractivity contribution in [1.29, 1.82) is 0 Å². The summed E-state index contributed by atoms with van der Waals surface area (Å²) in [6, 6.07) is 0. The van der Waals surface area contributed by atoms with Gasteiger partial charge < -0.3 is 0 Å². The van der Waals surface area contributed by atoms with Gasteiger partial charge in [-0.15, -0.1) is 0 Å². The van der Waals surface area contributed by atoms with Crippen molar-refractivity contribution in [2.45, 2.75) is 58.6 Å². The Balaban J connectivity index is 4.81. The third-order valence-corrected chi connectivity index (χ3v) is 4.53. The van der Waals surface area contributed by atoms with Crippen molar-refractivity contribution in [2.24, 2.45) is 5.41 Å². The largest absolute Gasteiger partial charge is 0.285 e. The van der Waals surface area contributed by atoms with Gasteiger partial charge in [-0.3, -0.25) is 4.55 Å². The average molecular weight is 222 g/mol. The maximum Gasteiger partial charge on any atom is 0.268 e. The van der Waals surface area contributed by atoms with Gasteiger partial charge in [0, 0.05) is 0 Å². The van der Waals surface area contributed by atoms with Gasteiger partial charge in [-0.25, -0.2) is 0 Å². The fraction of sp³-hybridized carbons (Fsp3) is 1.00. The van der Waals surface area contributed by atoms with Crippen molar-refractivity contribution in [3.05, 3.63) is 0 Å². The zero-order valence-corrected chi connectivity index (χ0v) is 10.4. The Bertz CT molecular complexity index is 251. The van der Waals surface area contributed by atoms with Crippen LogP contribution < -0.4 is 0 Å². The SMILES string of the molecule is CCCC(C)(CCC)C(C)S(=O)(=O)O. The minimum absolute atomic E-state index is 0.295. The van der Waals surface area contributed by atoms with Gasteiger partial charge in [0.1, 0.15) is 0 Å². The summed E-state index contributed by atoms with van der Waals surface area (Å²) >= 11 is 0. The van der Waals surface area contributed by atoms with Crippen LogP contribution in [-0.4, -0.2) is 18.2 Å². The minimum atomic E-state index is -3.90. The molecule has 0 rings (SSSR count). The topological polar surface area (TPSA) is 54.4 Å². The highest BCUT2D eigenvalue weighted by Crippen LogP contribution is 2.36. The van der Waals surface area contributed by atoms with E-state index in [2.05, 4.69) is 0 Å². The van der Waals surface area contributed by atoms with Crippen molar-refractivity contribution in [3.63, 3.8) is 0 Å². The lowest BCUT2D eigenvalue weighted by atomic mass is 9.79. The minimum Gasteiger partial charge on any atom is -0.285 e. The fourth-order valence-corrected chi connectivity index (χ4v) is 2.99. The molecule has 1 N–H and O–H groups in total. The summed E-state index contributed by atoms with van der Waals surface area (Å²) in [5.74, 6) is 0. The van der Waals surface area contributed by atoms with Crippen LogP contribution in [0, 0.1) is 5.41 Å². The second kappa shape index (κ2) is 5.12. The summed E-state index contributed by atoms with van der Waals surface area (Å²) in [5.41, 5.74) is -0.295. The van der Waals surface area contributed by atoms with Crippen molar-refractivity contribution in [1.82, 2.24) is 0 Å². The quantitative estimate of drug-likeness (QED) is 0.703. The fourth-order valence-electron chi connectivity index (χ4n) is 2.03. The molecule has 0 bridgehead atoms. The monoisotopic (exact) mass is 222 g/mol. The first kappa shape index (κ1) is 13.9. The molecule has 0 fully saturated rings. The Morgan fingerprint density at radius 3 is 1.79 bits per heavy atom. The first-order valence-corrected chi connectivity index (χ1v) is 6.74. The molecular formula is C10H22O3S. The van der Waals surface area contributed by atoms with Crippen LogP contribution in [0.1, 0.15) is 53.4 Å². The van der Waals surface area contributed by atoms with Gasteiger partial charge in [-0.05, 0) is 25.2 Å². The number of hydrogen-bond donors (Lipinski definition) is 1. The molecule has 0 saturated heterocycles. The molecule has 0 aliphatic heterocycles. The van der Waals surface area contributed by atoms with E-state index in [9.17, 15) is 8.42 Å². The smallest absolute Gasteiger partial charge is 0.268 e. The van der Waals surface area contributed by atoms with Gasteiger partial charge in [0.05, 0.1) is 5.25 Å². The van der Waals surface area contributed by atoms with Crippen molar-refractivity contribution < 1.29 is 13.0 Å². The van der Waals surface area contributed by atoms with Crippen LogP contribution in [0.3, 0.4) is 0 Å². The highest BCUT2D eigenvalue weighted by molar-refractivity contribution is 7.86. The standard InChI is InChI=1S/C10H22O3S/c1-5-7-10(4,8-6-2)9(3)14(11,12)13/h9H,5-8H2,1-4H3,(H,11,12,13). The van der Waals surface area contributed by atoms with Crippen LogP contribution in [0.15, 0.2) is 0 Å². The van der Waals surface area contributed by atoms with Crippen molar-refractivity contribution >= 4 is 10.1 Å². The van der Waals surface area contributed by atoms with Crippen molar-refractivity contribution in [2.75, 3.05) is 0 Å². The van der Waals surface area contributed by atoms with Crippen LogP contribution in [0.5, 0.6) is 0 Å². The normalized spacial score (nSPS) is 15.5. The van der Waals surface area contributed by atoms with Gasteiger partial charge in [-0.2, -0.15) is 8.42 Å². The third kappa shape index (κ3) is 3.58. The molecule has 0 aliphatic carbocycles. The Morgan fingerprint density at radius 1 is 1.21 bits per heavy atom. The predicted molar refractivity (Wildman–Crippen MR) is 58.9 cm³/mol. The van der Waals surface area contributed by atoms with Crippen LogP contribution >= 0.6 is 0 Å². The molecule has 0 amide bonds. The summed E-state index contributed by atoms with van der Waals surface area (Å²) in [6.45, 7) is 7.61. The van der Waals surface area contributed by atoms with E-state index in [0.29, 0.717) is 0 Å². The van der Waals surface area contributed by atoms with Crippen LogP contribution in [0.25, 0.3) is 0 Å². The summed E-state index contributed by atoms with van der Waals surface area (Å²) in [5, 5.41) is -0.671. The van der Waals surface area contributed by atoms with Crippen LogP contribution in [0.2, 0.25) is 0 Å². The molecule has 1 atom stereocenters. The maximum atomic E-state index is 11.1. The van der Waals surface area contributed by atoms with Crippen molar-refractivity contribution in [3.8, 4) is 0 Å². The van der Waals surface area contributed by atoms with E-state index in [4.69, 9.17) is 4.55 Å². The van der Waals surface area contributed by atoms with E-state index in [1.54, 1.807) is 6.92 Å². The molecule has 0 aromatic rings. The molecule has 1 unspecified atom stereocenters. The first-order valence-electron chi connectivity index (χ1n) is 5.24. The molecule has 0 heterocycles. The van der Waals surface area contributed by atoms with Gasteiger partial charge in [-0.1, -0.05) is 33.6 Å². The summed E-state index contributed by atoms with van der Waals surface area (Å²) in [6.07, 6.45) is 3.55. The molecule has 0 aromatic heterocycles. The van der Waals surface area contributed by atoms with E-state index in [1.807, 2.05) is 20.8 Å². The Hall–Kier alpha value is -0.0900. The number of rotatable bonds is 6. The molecule has 14 heavy (non-hydrogen) atoms. The van der Waals surface area contributed by atoms with Crippen LogP contribution in [0.4, 0.5) is 0 Å². The summed E-state index contributed by atoms with van der Waals surface area (Å²) in [7, 11) is -3.90. The highest BCUT2D eigenvalue weighted by atomic mass is 32.2. The van der Waals surface area contributed by atoms with E-state index >= 15 is 0 Å². The van der Waals surface area contributed by atoms with Gasteiger partial charge >= 0.3 is 0 Å². The Labute approximate surface area is 87.7 Å². The van der Waals surface area contributed by atoms with E-state index in [1.165, 1.54) is 0 Å². The van der Waals surface area contributed by atoms with Gasteiger partial charge in [0.25, 0.3) is 10.1 Å². The second-order valence-corrected chi connectivity index (χ2v) is 6.05. The molecule has 0 saturated carbocycles. The van der Waals surface area contributed by atoms with Gasteiger partial charge in [0.2, 0.25) is 0 Å². The number of hydrogen-bond acceptors (Lipinski definition) is 2. The lowest BCUT2D eigenvalue weighted by Gasteiger charge is -2.33. The molecule has 0 aliphatic rings.